The van der Waals surface area contributed by atoms with Gasteiger partial charge in [0.2, 0.25) is 0 Å². The van der Waals surface area contributed by atoms with Crippen LogP contribution >= 0.6 is 11.8 Å². The van der Waals surface area contributed by atoms with Gasteiger partial charge in [0.15, 0.2) is 0 Å². The lowest BCUT2D eigenvalue weighted by atomic mass is 10.1. The maximum Gasteiger partial charge on any atom is 0.0932 e. The van der Waals surface area contributed by atoms with E-state index in [1.165, 1.54) is 0 Å². The van der Waals surface area contributed by atoms with Crippen molar-refractivity contribution in [2.45, 2.75) is 36.9 Å². The van der Waals surface area contributed by atoms with Crippen LogP contribution < -0.4 is 0 Å². The lowest BCUT2D eigenvalue weighted by Crippen LogP contribution is -2.25. The fraction of sp³-hybridized carbons (Fsp3) is 0.571. The highest BCUT2D eigenvalue weighted by atomic mass is 32.2. The van der Waals surface area contributed by atoms with Crippen LogP contribution in [0.15, 0.2) is 30.3 Å². The minimum atomic E-state index is -0.480. The number of thioether (sulfide) groups is 1. The Bertz CT molecular complexity index is 319. The first kappa shape index (κ1) is 14.6. The number of methoxy groups -OCH3 is 1. The number of rotatable bonds is 5. The second kappa shape index (κ2) is 6.43. The van der Waals surface area contributed by atoms with E-state index in [4.69, 9.17) is 4.74 Å². The molecule has 0 fully saturated rings. The fourth-order valence-electron chi connectivity index (χ4n) is 1.65. The molecule has 1 N–H and O–H groups in total. The molecule has 1 rings (SSSR count). The highest BCUT2D eigenvalue weighted by Gasteiger charge is 2.26. The van der Waals surface area contributed by atoms with E-state index in [1.54, 1.807) is 18.9 Å². The summed E-state index contributed by atoms with van der Waals surface area (Å²) < 4.78 is 5.16. The third-order valence-electron chi connectivity index (χ3n) is 2.30. The molecule has 0 heterocycles. The molecule has 2 nitrogen and oxygen atoms in total. The molecule has 1 aromatic rings. The molecule has 2 atom stereocenters. The molecule has 0 unspecified atom stereocenters. The van der Waals surface area contributed by atoms with Crippen molar-refractivity contribution in [3.05, 3.63) is 35.9 Å². The van der Waals surface area contributed by atoms with E-state index in [1.807, 2.05) is 18.2 Å². The van der Waals surface area contributed by atoms with Gasteiger partial charge in [-0.05, 0) is 5.56 Å². The lowest BCUT2D eigenvalue weighted by molar-refractivity contribution is 0.0629. The van der Waals surface area contributed by atoms with Gasteiger partial charge in [0.1, 0.15) is 0 Å². The first-order chi connectivity index (χ1) is 7.94. The molecule has 0 amide bonds. The van der Waals surface area contributed by atoms with Gasteiger partial charge in [0.05, 0.1) is 18.0 Å². The zero-order valence-corrected chi connectivity index (χ0v) is 11.8. The van der Waals surface area contributed by atoms with E-state index in [2.05, 4.69) is 32.9 Å². The van der Waals surface area contributed by atoms with E-state index in [-0.39, 0.29) is 10.00 Å². The summed E-state index contributed by atoms with van der Waals surface area (Å²) in [5.74, 6) is 0. The van der Waals surface area contributed by atoms with E-state index in [9.17, 15) is 5.11 Å². The Balaban J connectivity index is 2.86. The largest absolute Gasteiger partial charge is 0.389 e. The Morgan fingerprint density at radius 1 is 1.24 bits per heavy atom. The standard InChI is InChI=1S/C14H22O2S/c1-14(2,3)17-13(12(15)10-16-4)11-8-6-5-7-9-11/h5-9,12-13,15H,10H2,1-4H3/t12-,13+/m0/s1. The van der Waals surface area contributed by atoms with Crippen molar-refractivity contribution in [2.75, 3.05) is 13.7 Å². The molecule has 0 saturated heterocycles. The number of hydrogen-bond donors (Lipinski definition) is 1. The highest BCUT2D eigenvalue weighted by molar-refractivity contribution is 8.00. The van der Waals surface area contributed by atoms with Crippen LogP contribution in [0.1, 0.15) is 31.6 Å². The SMILES string of the molecule is COC[C@H](O)[C@H](SC(C)(C)C)c1ccccc1. The van der Waals surface area contributed by atoms with Crippen molar-refractivity contribution in [1.29, 1.82) is 0 Å². The third-order valence-corrected chi connectivity index (χ3v) is 3.84. The van der Waals surface area contributed by atoms with Gasteiger partial charge in [0.25, 0.3) is 0 Å². The Morgan fingerprint density at radius 3 is 2.29 bits per heavy atom. The summed E-state index contributed by atoms with van der Waals surface area (Å²) in [7, 11) is 1.62. The first-order valence-electron chi connectivity index (χ1n) is 5.84. The molecule has 0 radical (unpaired) electrons. The summed E-state index contributed by atoms with van der Waals surface area (Å²) in [6.45, 7) is 6.84. The van der Waals surface area contributed by atoms with E-state index < -0.39 is 6.10 Å². The molecule has 0 bridgehead atoms. The molecule has 0 aliphatic rings. The van der Waals surface area contributed by atoms with E-state index >= 15 is 0 Å². The Labute approximate surface area is 108 Å². The molecule has 0 saturated carbocycles. The van der Waals surface area contributed by atoms with Crippen LogP contribution in [-0.4, -0.2) is 29.7 Å². The smallest absolute Gasteiger partial charge is 0.0932 e. The molecule has 96 valence electrons. The quantitative estimate of drug-likeness (QED) is 0.874. The molecular formula is C14H22O2S. The monoisotopic (exact) mass is 254 g/mol. The van der Waals surface area contributed by atoms with Crippen molar-refractivity contribution in [1.82, 2.24) is 0 Å². The molecule has 17 heavy (non-hydrogen) atoms. The van der Waals surface area contributed by atoms with Gasteiger partial charge >= 0.3 is 0 Å². The molecule has 1 aromatic carbocycles. The highest BCUT2D eigenvalue weighted by Crippen LogP contribution is 2.40. The second-order valence-electron chi connectivity index (χ2n) is 5.08. The predicted molar refractivity (Wildman–Crippen MR) is 74.4 cm³/mol. The number of benzene rings is 1. The third kappa shape index (κ3) is 5.11. The zero-order chi connectivity index (χ0) is 12.9. The van der Waals surface area contributed by atoms with Crippen molar-refractivity contribution in [2.24, 2.45) is 0 Å². The van der Waals surface area contributed by atoms with Gasteiger partial charge in [-0.3, -0.25) is 0 Å². The van der Waals surface area contributed by atoms with Gasteiger partial charge in [-0.15, -0.1) is 11.8 Å². The summed E-state index contributed by atoms with van der Waals surface area (Å²) in [5, 5.41) is 10.2. The van der Waals surface area contributed by atoms with Gasteiger partial charge in [-0.25, -0.2) is 0 Å². The van der Waals surface area contributed by atoms with Gasteiger partial charge in [-0.2, -0.15) is 0 Å². The normalized spacial score (nSPS) is 15.6. The van der Waals surface area contributed by atoms with Crippen molar-refractivity contribution in [3.8, 4) is 0 Å². The summed E-state index contributed by atoms with van der Waals surface area (Å²) >= 11 is 1.77. The van der Waals surface area contributed by atoms with Gasteiger partial charge in [-0.1, -0.05) is 51.1 Å². The van der Waals surface area contributed by atoms with Crippen molar-refractivity contribution >= 4 is 11.8 Å². The maximum absolute atomic E-state index is 10.2. The van der Waals surface area contributed by atoms with Crippen molar-refractivity contribution < 1.29 is 9.84 Å². The average molecular weight is 254 g/mol. The van der Waals surface area contributed by atoms with Crippen LogP contribution in [-0.2, 0) is 4.74 Å². The summed E-state index contributed by atoms with van der Waals surface area (Å²) in [6, 6.07) is 10.1. The number of aliphatic hydroxyl groups is 1. The van der Waals surface area contributed by atoms with Crippen LogP contribution in [0.3, 0.4) is 0 Å². The van der Waals surface area contributed by atoms with Crippen LogP contribution in [0.4, 0.5) is 0 Å². The topological polar surface area (TPSA) is 29.5 Å². The lowest BCUT2D eigenvalue weighted by Gasteiger charge is -2.29. The van der Waals surface area contributed by atoms with E-state index in [0.29, 0.717) is 6.61 Å². The number of aliphatic hydroxyl groups excluding tert-OH is 1. The van der Waals surface area contributed by atoms with Crippen molar-refractivity contribution in [3.63, 3.8) is 0 Å². The zero-order valence-electron chi connectivity index (χ0n) is 11.0. The molecule has 0 aromatic heterocycles. The first-order valence-corrected chi connectivity index (χ1v) is 6.72. The minimum absolute atomic E-state index is 0.0520. The molecule has 0 aliphatic carbocycles. The Morgan fingerprint density at radius 2 is 1.82 bits per heavy atom. The fourth-order valence-corrected chi connectivity index (χ4v) is 2.94. The van der Waals surface area contributed by atoms with Gasteiger partial charge < -0.3 is 9.84 Å². The predicted octanol–water partition coefficient (Wildman–Crippen LogP) is 3.27. The summed E-state index contributed by atoms with van der Waals surface area (Å²) in [6.07, 6.45) is -0.480. The van der Waals surface area contributed by atoms with Gasteiger partial charge in [0, 0.05) is 11.9 Å². The molecule has 0 aliphatic heterocycles. The Kier molecular flexibility index (Phi) is 5.50. The van der Waals surface area contributed by atoms with E-state index in [0.717, 1.165) is 5.56 Å². The maximum atomic E-state index is 10.2. The molecular weight excluding hydrogens is 232 g/mol. The van der Waals surface area contributed by atoms with Crippen LogP contribution in [0.25, 0.3) is 0 Å². The average Bonchev–Trinajstić information content (AvgIpc) is 2.26. The van der Waals surface area contributed by atoms with Crippen LogP contribution in [0.5, 0.6) is 0 Å². The van der Waals surface area contributed by atoms with Crippen LogP contribution in [0, 0.1) is 0 Å². The number of ether oxygens (including phenoxy) is 1. The molecule has 0 spiro atoms. The Hall–Kier alpha value is -0.510. The molecule has 3 heteroatoms. The number of hydrogen-bond acceptors (Lipinski definition) is 3. The minimum Gasteiger partial charge on any atom is -0.389 e. The van der Waals surface area contributed by atoms with Crippen LogP contribution in [0.2, 0.25) is 0 Å². The summed E-state index contributed by atoms with van der Waals surface area (Å²) in [5.41, 5.74) is 1.15. The summed E-state index contributed by atoms with van der Waals surface area (Å²) in [4.78, 5) is 0. The second-order valence-corrected chi connectivity index (χ2v) is 7.05.